The maximum Gasteiger partial charge on any atom is 0.259 e. The van der Waals surface area contributed by atoms with Crippen LogP contribution >= 0.6 is 11.3 Å². The first-order valence-electron chi connectivity index (χ1n) is 5.46. The van der Waals surface area contributed by atoms with Gasteiger partial charge in [0.1, 0.15) is 29.9 Å². The summed E-state index contributed by atoms with van der Waals surface area (Å²) in [5, 5.41) is 4.69. The summed E-state index contributed by atoms with van der Waals surface area (Å²) in [6.45, 7) is 4.36. The van der Waals surface area contributed by atoms with Crippen molar-refractivity contribution in [3.05, 3.63) is 39.3 Å². The highest BCUT2D eigenvalue weighted by Gasteiger charge is 2.11. The van der Waals surface area contributed by atoms with E-state index in [9.17, 15) is 4.79 Å². The molecule has 0 amide bonds. The SMILES string of the molecule is Cc1sc2nc(Cn3cncn3)[nH]c(=O)c2c1C. The molecule has 3 aromatic heterocycles. The molecule has 0 bridgehead atoms. The highest BCUT2D eigenvalue weighted by atomic mass is 32.1. The molecule has 3 heterocycles. The Kier molecular flexibility index (Phi) is 2.48. The lowest BCUT2D eigenvalue weighted by Crippen LogP contribution is -2.14. The lowest BCUT2D eigenvalue weighted by atomic mass is 10.2. The number of hydrogen-bond acceptors (Lipinski definition) is 5. The molecular formula is C11H11N5OS. The van der Waals surface area contributed by atoms with E-state index in [4.69, 9.17) is 0 Å². The molecule has 1 N–H and O–H groups in total. The molecule has 0 aromatic carbocycles. The fraction of sp³-hybridized carbons (Fsp3) is 0.273. The lowest BCUT2D eigenvalue weighted by Gasteiger charge is -2.00. The Labute approximate surface area is 106 Å². The minimum Gasteiger partial charge on any atom is -0.308 e. The molecule has 7 heteroatoms. The van der Waals surface area contributed by atoms with Crippen LogP contribution in [-0.4, -0.2) is 24.7 Å². The van der Waals surface area contributed by atoms with E-state index in [2.05, 4.69) is 20.1 Å². The summed E-state index contributed by atoms with van der Waals surface area (Å²) < 4.78 is 1.62. The van der Waals surface area contributed by atoms with Crippen LogP contribution < -0.4 is 5.56 Å². The molecule has 0 aliphatic carbocycles. The minimum absolute atomic E-state index is 0.0861. The van der Waals surface area contributed by atoms with Crippen LogP contribution in [0.2, 0.25) is 0 Å². The lowest BCUT2D eigenvalue weighted by molar-refractivity contribution is 0.654. The number of nitrogens with one attached hydrogen (secondary N) is 1. The van der Waals surface area contributed by atoms with E-state index in [-0.39, 0.29) is 5.56 Å². The number of fused-ring (bicyclic) bond motifs is 1. The molecular weight excluding hydrogens is 250 g/mol. The van der Waals surface area contributed by atoms with E-state index in [1.807, 2.05) is 13.8 Å². The highest BCUT2D eigenvalue weighted by Crippen LogP contribution is 2.25. The zero-order chi connectivity index (χ0) is 12.7. The number of rotatable bonds is 2. The molecule has 0 aliphatic heterocycles. The molecule has 0 fully saturated rings. The highest BCUT2D eigenvalue weighted by molar-refractivity contribution is 7.18. The molecule has 0 saturated carbocycles. The second kappa shape index (κ2) is 4.02. The van der Waals surface area contributed by atoms with Crippen LogP contribution in [0, 0.1) is 13.8 Å². The van der Waals surface area contributed by atoms with Crippen LogP contribution in [0.3, 0.4) is 0 Å². The van der Waals surface area contributed by atoms with Gasteiger partial charge in [-0.3, -0.25) is 4.79 Å². The minimum atomic E-state index is -0.0861. The van der Waals surface area contributed by atoms with Crippen molar-refractivity contribution >= 4 is 21.6 Å². The average molecular weight is 261 g/mol. The van der Waals surface area contributed by atoms with Crippen LogP contribution in [0.5, 0.6) is 0 Å². The molecule has 0 radical (unpaired) electrons. The van der Waals surface area contributed by atoms with Crippen molar-refractivity contribution in [3.8, 4) is 0 Å². The van der Waals surface area contributed by atoms with Gasteiger partial charge in [-0.1, -0.05) is 0 Å². The first-order chi connectivity index (χ1) is 8.65. The predicted octanol–water partition coefficient (Wildman–Crippen LogP) is 1.24. The summed E-state index contributed by atoms with van der Waals surface area (Å²) in [7, 11) is 0. The number of aromatic amines is 1. The van der Waals surface area contributed by atoms with Crippen molar-refractivity contribution in [3.63, 3.8) is 0 Å². The van der Waals surface area contributed by atoms with Crippen LogP contribution in [0.15, 0.2) is 17.4 Å². The molecule has 0 spiro atoms. The monoisotopic (exact) mass is 261 g/mol. The van der Waals surface area contributed by atoms with E-state index >= 15 is 0 Å². The van der Waals surface area contributed by atoms with Crippen LogP contribution in [-0.2, 0) is 6.54 Å². The van der Waals surface area contributed by atoms with Crippen molar-refractivity contribution in [1.82, 2.24) is 24.7 Å². The summed E-state index contributed by atoms with van der Waals surface area (Å²) in [5.41, 5.74) is 0.924. The fourth-order valence-corrected chi connectivity index (χ4v) is 2.89. The molecule has 3 rings (SSSR count). The Morgan fingerprint density at radius 2 is 2.28 bits per heavy atom. The van der Waals surface area contributed by atoms with Crippen molar-refractivity contribution < 1.29 is 0 Å². The smallest absolute Gasteiger partial charge is 0.259 e. The normalized spacial score (nSPS) is 11.2. The van der Waals surface area contributed by atoms with Gasteiger partial charge >= 0.3 is 0 Å². The van der Waals surface area contributed by atoms with Gasteiger partial charge in [-0.15, -0.1) is 11.3 Å². The zero-order valence-corrected chi connectivity index (χ0v) is 10.8. The van der Waals surface area contributed by atoms with E-state index in [1.165, 1.54) is 6.33 Å². The van der Waals surface area contributed by atoms with Crippen LogP contribution in [0.1, 0.15) is 16.3 Å². The van der Waals surface area contributed by atoms with Crippen molar-refractivity contribution in [1.29, 1.82) is 0 Å². The van der Waals surface area contributed by atoms with E-state index < -0.39 is 0 Å². The van der Waals surface area contributed by atoms with E-state index in [1.54, 1.807) is 22.3 Å². The predicted molar refractivity (Wildman–Crippen MR) is 68.8 cm³/mol. The van der Waals surface area contributed by atoms with Gasteiger partial charge in [-0.05, 0) is 19.4 Å². The zero-order valence-electron chi connectivity index (χ0n) is 9.97. The number of H-pyrrole nitrogens is 1. The third kappa shape index (κ3) is 1.72. The van der Waals surface area contributed by atoms with Crippen LogP contribution in [0.4, 0.5) is 0 Å². The summed E-state index contributed by atoms with van der Waals surface area (Å²) in [4.78, 5) is 25.1. The number of thiophene rings is 1. The Balaban J connectivity index is 2.13. The van der Waals surface area contributed by atoms with Gasteiger partial charge in [-0.2, -0.15) is 5.10 Å². The van der Waals surface area contributed by atoms with E-state index in [0.29, 0.717) is 17.8 Å². The Hall–Kier alpha value is -2.02. The van der Waals surface area contributed by atoms with Crippen LogP contribution in [0.25, 0.3) is 10.2 Å². The summed E-state index contributed by atoms with van der Waals surface area (Å²) in [5.74, 6) is 0.597. The first kappa shape index (κ1) is 11.1. The molecule has 0 atom stereocenters. The number of nitrogens with zero attached hydrogens (tertiary/aromatic N) is 4. The first-order valence-corrected chi connectivity index (χ1v) is 6.28. The second-order valence-electron chi connectivity index (χ2n) is 4.07. The maximum atomic E-state index is 12.0. The number of aryl methyl sites for hydroxylation is 2. The summed E-state index contributed by atoms with van der Waals surface area (Å²) in [6.07, 6.45) is 3.05. The fourth-order valence-electron chi connectivity index (χ4n) is 1.84. The van der Waals surface area contributed by atoms with Gasteiger partial charge < -0.3 is 4.98 Å². The maximum absolute atomic E-state index is 12.0. The molecule has 0 aliphatic rings. The average Bonchev–Trinajstić information content (AvgIpc) is 2.89. The Bertz CT molecular complexity index is 756. The van der Waals surface area contributed by atoms with Gasteiger partial charge in [0.15, 0.2) is 0 Å². The third-order valence-electron chi connectivity index (χ3n) is 2.87. The molecule has 0 unspecified atom stereocenters. The van der Waals surface area contributed by atoms with Crippen molar-refractivity contribution in [2.45, 2.75) is 20.4 Å². The standard InChI is InChI=1S/C11H11N5OS/c1-6-7(2)18-11-9(6)10(17)14-8(15-11)3-16-5-12-4-13-16/h4-5H,3H2,1-2H3,(H,14,15,17). The molecule has 0 saturated heterocycles. The molecule has 3 aromatic rings. The van der Waals surface area contributed by atoms with Crippen molar-refractivity contribution in [2.24, 2.45) is 0 Å². The second-order valence-corrected chi connectivity index (χ2v) is 5.27. The Morgan fingerprint density at radius 3 is 3.00 bits per heavy atom. The summed E-state index contributed by atoms with van der Waals surface area (Å²) in [6, 6.07) is 0. The van der Waals surface area contributed by atoms with Gasteiger partial charge in [0.05, 0.1) is 5.39 Å². The third-order valence-corrected chi connectivity index (χ3v) is 3.97. The van der Waals surface area contributed by atoms with Gasteiger partial charge in [0, 0.05) is 4.88 Å². The van der Waals surface area contributed by atoms with Gasteiger partial charge in [0.2, 0.25) is 0 Å². The number of aromatic nitrogens is 5. The van der Waals surface area contributed by atoms with E-state index in [0.717, 1.165) is 15.3 Å². The largest absolute Gasteiger partial charge is 0.308 e. The number of hydrogen-bond donors (Lipinski definition) is 1. The molecule has 92 valence electrons. The summed E-state index contributed by atoms with van der Waals surface area (Å²) >= 11 is 1.54. The Morgan fingerprint density at radius 1 is 1.44 bits per heavy atom. The molecule has 18 heavy (non-hydrogen) atoms. The van der Waals surface area contributed by atoms with Gasteiger partial charge in [0.25, 0.3) is 5.56 Å². The quantitative estimate of drug-likeness (QED) is 0.753. The topological polar surface area (TPSA) is 76.5 Å². The van der Waals surface area contributed by atoms with Gasteiger partial charge in [-0.25, -0.2) is 14.6 Å². The van der Waals surface area contributed by atoms with Crippen molar-refractivity contribution in [2.75, 3.05) is 0 Å². The molecule has 6 nitrogen and oxygen atoms in total.